The molecule has 2 aromatic heterocycles. The highest BCUT2D eigenvalue weighted by molar-refractivity contribution is 7.23. The molecule has 0 fully saturated rings. The second-order valence-electron chi connectivity index (χ2n) is 11.7. The molecule has 3 heteroatoms. The van der Waals surface area contributed by atoms with Crippen LogP contribution in [-0.4, -0.2) is 6.54 Å². The minimum Gasteiger partial charge on any atom is -0.385 e. The van der Waals surface area contributed by atoms with Crippen molar-refractivity contribution in [2.24, 2.45) is 0 Å². The van der Waals surface area contributed by atoms with Crippen molar-refractivity contribution in [3.63, 3.8) is 0 Å². The summed E-state index contributed by atoms with van der Waals surface area (Å²) >= 11 is 3.80. The van der Waals surface area contributed by atoms with E-state index >= 15 is 0 Å². The van der Waals surface area contributed by atoms with Gasteiger partial charge in [-0.15, -0.1) is 22.7 Å². The van der Waals surface area contributed by atoms with Crippen molar-refractivity contribution >= 4 is 75.7 Å². The van der Waals surface area contributed by atoms with Gasteiger partial charge in [-0.3, -0.25) is 0 Å². The highest BCUT2D eigenvalue weighted by Crippen LogP contribution is 2.42. The molecule has 2 heterocycles. The van der Waals surface area contributed by atoms with Gasteiger partial charge in [0.15, 0.2) is 0 Å². The molecule has 0 bridgehead atoms. The van der Waals surface area contributed by atoms with Gasteiger partial charge in [0.05, 0.1) is 0 Å². The van der Waals surface area contributed by atoms with E-state index in [1.165, 1.54) is 112 Å². The van der Waals surface area contributed by atoms with Crippen LogP contribution in [0, 0.1) is 0 Å². The Hall–Kier alpha value is -3.66. The van der Waals surface area contributed by atoms with E-state index in [0.717, 1.165) is 6.54 Å². The summed E-state index contributed by atoms with van der Waals surface area (Å²) in [5.74, 6) is 0. The number of anilines is 1. The highest BCUT2D eigenvalue weighted by atomic mass is 32.1. The Morgan fingerprint density at radius 2 is 1.33 bits per heavy atom. The minimum absolute atomic E-state index is 1.05. The van der Waals surface area contributed by atoms with Crippen LogP contribution in [0.3, 0.4) is 0 Å². The fraction of sp³-hybridized carbons (Fsp3) is 0.250. The number of fused-ring (bicyclic) bond motifs is 7. The third-order valence-corrected chi connectivity index (χ3v) is 11.0. The lowest BCUT2D eigenvalue weighted by molar-refractivity contribution is 0.617. The van der Waals surface area contributed by atoms with Gasteiger partial charge >= 0.3 is 0 Å². The number of benzene rings is 4. The normalized spacial score (nSPS) is 12.6. The second kappa shape index (κ2) is 13.3. The predicted molar refractivity (Wildman–Crippen MR) is 197 cm³/mol. The van der Waals surface area contributed by atoms with Gasteiger partial charge < -0.3 is 5.32 Å². The summed E-state index contributed by atoms with van der Waals surface area (Å²) in [6.45, 7) is 11.5. The number of allylic oxidation sites excluding steroid dienone is 5. The largest absolute Gasteiger partial charge is 0.385 e. The molecule has 6 aromatic rings. The first kappa shape index (κ1) is 29.4. The van der Waals surface area contributed by atoms with E-state index in [1.807, 2.05) is 28.7 Å². The Kier molecular flexibility index (Phi) is 9.11. The van der Waals surface area contributed by atoms with Crippen molar-refractivity contribution in [3.8, 4) is 10.4 Å². The minimum atomic E-state index is 1.05. The molecule has 4 aromatic carbocycles. The molecule has 6 rings (SSSR count). The summed E-state index contributed by atoms with van der Waals surface area (Å²) in [5, 5.41) is 11.6. The Bertz CT molecular complexity index is 1960. The molecular weight excluding hydrogens is 559 g/mol. The molecule has 43 heavy (non-hydrogen) atoms. The van der Waals surface area contributed by atoms with Crippen molar-refractivity contribution in [2.45, 2.75) is 59.3 Å². The molecule has 1 N–H and O–H groups in total. The number of thiophene rings is 2. The molecule has 0 aliphatic carbocycles. The van der Waals surface area contributed by atoms with E-state index < -0.39 is 0 Å². The zero-order valence-electron chi connectivity index (χ0n) is 25.6. The lowest BCUT2D eigenvalue weighted by Gasteiger charge is -2.07. The van der Waals surface area contributed by atoms with Crippen LogP contribution in [0.5, 0.6) is 0 Å². The third-order valence-electron chi connectivity index (χ3n) is 8.49. The van der Waals surface area contributed by atoms with Gasteiger partial charge in [0, 0.05) is 42.2 Å². The topological polar surface area (TPSA) is 12.0 Å². The molecule has 0 saturated heterocycles. The van der Waals surface area contributed by atoms with E-state index in [4.69, 9.17) is 0 Å². The SMILES string of the molecule is C=C/C(C)=C\C=C(/C)c1cc2ccc3c4ccc5cc(-c6ccc(NCCCCCCCC)cc6)sc5c4ccc3c2s1. The maximum atomic E-state index is 3.87. The molecule has 0 amide bonds. The Balaban J connectivity index is 1.26. The fourth-order valence-corrected chi connectivity index (χ4v) is 8.21. The van der Waals surface area contributed by atoms with Crippen LogP contribution in [0.15, 0.2) is 103 Å². The van der Waals surface area contributed by atoms with Gasteiger partial charge in [-0.25, -0.2) is 0 Å². The molecule has 0 spiro atoms. The fourth-order valence-electron chi connectivity index (χ4n) is 5.85. The quantitative estimate of drug-likeness (QED) is 0.0838. The molecule has 218 valence electrons. The van der Waals surface area contributed by atoms with Gasteiger partial charge in [0.1, 0.15) is 0 Å². The van der Waals surface area contributed by atoms with E-state index in [9.17, 15) is 0 Å². The van der Waals surface area contributed by atoms with Gasteiger partial charge in [-0.05, 0) is 77.2 Å². The highest BCUT2D eigenvalue weighted by Gasteiger charge is 2.13. The summed E-state index contributed by atoms with van der Waals surface area (Å²) in [6.07, 6.45) is 14.2. The molecule has 0 atom stereocenters. The Morgan fingerprint density at radius 1 is 0.698 bits per heavy atom. The molecule has 0 radical (unpaired) electrons. The van der Waals surface area contributed by atoms with Gasteiger partial charge in [-0.2, -0.15) is 0 Å². The van der Waals surface area contributed by atoms with Crippen molar-refractivity contribution in [2.75, 3.05) is 11.9 Å². The van der Waals surface area contributed by atoms with Crippen LogP contribution < -0.4 is 5.32 Å². The summed E-state index contributed by atoms with van der Waals surface area (Å²) < 4.78 is 2.73. The lowest BCUT2D eigenvalue weighted by atomic mass is 9.99. The lowest BCUT2D eigenvalue weighted by Crippen LogP contribution is -2.01. The molecule has 0 saturated carbocycles. The van der Waals surface area contributed by atoms with Crippen molar-refractivity contribution in [3.05, 3.63) is 108 Å². The van der Waals surface area contributed by atoms with Gasteiger partial charge in [0.25, 0.3) is 0 Å². The average Bonchev–Trinajstić information content (AvgIpc) is 3.68. The van der Waals surface area contributed by atoms with Crippen LogP contribution >= 0.6 is 22.7 Å². The monoisotopic (exact) mass is 599 g/mol. The van der Waals surface area contributed by atoms with E-state index in [0.29, 0.717) is 0 Å². The Morgan fingerprint density at radius 3 is 2.02 bits per heavy atom. The average molecular weight is 600 g/mol. The smallest absolute Gasteiger partial charge is 0.0428 e. The van der Waals surface area contributed by atoms with Crippen LogP contribution in [0.1, 0.15) is 64.2 Å². The van der Waals surface area contributed by atoms with Gasteiger partial charge in [0.2, 0.25) is 0 Å². The summed E-state index contributed by atoms with van der Waals surface area (Å²) in [4.78, 5) is 2.64. The standard InChI is InChI=1S/C40H41NS2/c1-5-7-8-9-10-11-24-41-32-18-14-29(15-19-32)38-26-31-17-21-34-33-20-16-30-25-37(28(4)13-12-27(3)6-2)42-39(30)35(33)22-23-36(34)40(31)43-38/h6,12-23,25-26,41H,2,5,7-11,24H2,1,3-4H3/b27-12-,28-13+. The molecule has 1 nitrogen and oxygen atoms in total. The molecule has 0 aliphatic heterocycles. The van der Waals surface area contributed by atoms with Crippen LogP contribution in [0.4, 0.5) is 5.69 Å². The zero-order valence-corrected chi connectivity index (χ0v) is 27.3. The first-order valence-electron chi connectivity index (χ1n) is 15.7. The first-order chi connectivity index (χ1) is 21.1. The third kappa shape index (κ3) is 6.34. The summed E-state index contributed by atoms with van der Waals surface area (Å²) in [6, 6.07) is 27.6. The Labute approximate surface area is 264 Å². The van der Waals surface area contributed by atoms with Crippen LogP contribution in [0.2, 0.25) is 0 Å². The van der Waals surface area contributed by atoms with Crippen molar-refractivity contribution in [1.29, 1.82) is 0 Å². The molecule has 0 unspecified atom stereocenters. The van der Waals surface area contributed by atoms with E-state index in [2.05, 4.69) is 118 Å². The zero-order chi connectivity index (χ0) is 29.8. The van der Waals surface area contributed by atoms with Crippen molar-refractivity contribution in [1.82, 2.24) is 0 Å². The molecule has 0 aliphatic rings. The summed E-state index contributed by atoms with van der Waals surface area (Å²) in [5.41, 5.74) is 4.96. The van der Waals surface area contributed by atoms with Crippen molar-refractivity contribution < 1.29 is 0 Å². The van der Waals surface area contributed by atoms with Gasteiger partial charge in [-0.1, -0.05) is 118 Å². The number of hydrogen-bond donors (Lipinski definition) is 1. The summed E-state index contributed by atoms with van der Waals surface area (Å²) in [7, 11) is 0. The van der Waals surface area contributed by atoms with Crippen LogP contribution in [-0.2, 0) is 0 Å². The van der Waals surface area contributed by atoms with E-state index in [1.54, 1.807) is 0 Å². The second-order valence-corrected chi connectivity index (χ2v) is 13.8. The maximum absolute atomic E-state index is 3.87. The predicted octanol–water partition coefficient (Wildman–Crippen LogP) is 13.4. The van der Waals surface area contributed by atoms with Crippen LogP contribution in [0.25, 0.3) is 57.7 Å². The number of nitrogens with one attached hydrogen (secondary N) is 1. The van der Waals surface area contributed by atoms with E-state index in [-0.39, 0.29) is 0 Å². The maximum Gasteiger partial charge on any atom is 0.0428 e. The number of unbranched alkanes of at least 4 members (excludes halogenated alkanes) is 5. The number of hydrogen-bond acceptors (Lipinski definition) is 3. The number of rotatable bonds is 12. The first-order valence-corrected chi connectivity index (χ1v) is 17.3. The molecular formula is C40H41NS2.